The van der Waals surface area contributed by atoms with E-state index in [0.717, 1.165) is 23.5 Å². The van der Waals surface area contributed by atoms with Crippen LogP contribution in [0.25, 0.3) is 12.2 Å². The molecule has 0 bridgehead atoms. The lowest BCUT2D eigenvalue weighted by Crippen LogP contribution is -2.33. The molecule has 0 aliphatic rings. The monoisotopic (exact) mass is 447 g/mol. The first kappa shape index (κ1) is 21.6. The molecule has 152 valence electrons. The second kappa shape index (κ2) is 8.73. The second-order valence-electron chi connectivity index (χ2n) is 7.69. The highest BCUT2D eigenvalue weighted by atomic mass is 35.5. The smallest absolute Gasteiger partial charge is 0.269 e. The number of aryl methyl sites for hydroxylation is 1. The molecule has 0 spiro atoms. The van der Waals surface area contributed by atoms with Gasteiger partial charge in [-0.05, 0) is 23.6 Å². The van der Waals surface area contributed by atoms with Crippen LogP contribution in [-0.4, -0.2) is 19.9 Å². The molecule has 0 aliphatic carbocycles. The molecule has 3 rings (SSSR count). The number of hydrogen-bond acceptors (Lipinski definition) is 6. The van der Waals surface area contributed by atoms with Gasteiger partial charge in [0.1, 0.15) is 14.7 Å². The molecule has 8 heteroatoms. The van der Waals surface area contributed by atoms with E-state index in [1.807, 2.05) is 39.0 Å². The van der Waals surface area contributed by atoms with Gasteiger partial charge in [0.2, 0.25) is 0 Å². The Kier molecular flexibility index (Phi) is 6.51. The lowest BCUT2D eigenvalue weighted by atomic mass is 9.91. The van der Waals surface area contributed by atoms with E-state index in [1.165, 1.54) is 23.0 Å². The van der Waals surface area contributed by atoms with Crippen LogP contribution < -0.4 is 14.8 Å². The summed E-state index contributed by atoms with van der Waals surface area (Å²) >= 11 is 8.50. The van der Waals surface area contributed by atoms with Crippen molar-refractivity contribution in [2.75, 3.05) is 0 Å². The molecule has 0 unspecified atom stereocenters. The number of thiazole rings is 1. The Morgan fingerprint density at radius 2 is 1.93 bits per heavy atom. The van der Waals surface area contributed by atoms with Gasteiger partial charge in [-0.2, -0.15) is 0 Å². The van der Waals surface area contributed by atoms with Gasteiger partial charge in [0.25, 0.3) is 5.56 Å². The van der Waals surface area contributed by atoms with Crippen LogP contribution in [0.15, 0.2) is 29.1 Å². The first-order valence-electron chi connectivity index (χ1n) is 9.22. The number of carbonyl (C=O) groups is 1. The normalized spacial score (nSPS) is 13.3. The Hall–Kier alpha value is -2.09. The summed E-state index contributed by atoms with van der Waals surface area (Å²) in [4.78, 5) is 25.7. The van der Waals surface area contributed by atoms with E-state index in [1.54, 1.807) is 4.57 Å². The molecule has 0 radical (unpaired) electrons. The quantitative estimate of drug-likeness (QED) is 0.602. The van der Waals surface area contributed by atoms with Gasteiger partial charge in [0, 0.05) is 23.0 Å². The molecule has 0 fully saturated rings. The summed E-state index contributed by atoms with van der Waals surface area (Å²) in [5, 5.41) is 4.01. The summed E-state index contributed by atoms with van der Waals surface area (Å²) < 4.78 is 6.95. The van der Waals surface area contributed by atoms with Crippen molar-refractivity contribution in [1.82, 2.24) is 14.2 Å². The number of nitrogens with zero attached hydrogens (tertiary/aromatic N) is 3. The first-order chi connectivity index (χ1) is 13.7. The van der Waals surface area contributed by atoms with Crippen molar-refractivity contribution in [3.8, 4) is 0 Å². The molecule has 29 heavy (non-hydrogen) atoms. The van der Waals surface area contributed by atoms with Crippen LogP contribution in [0, 0.1) is 5.41 Å². The molecular weight excluding hydrogens is 426 g/mol. The predicted molar refractivity (Wildman–Crippen MR) is 120 cm³/mol. The van der Waals surface area contributed by atoms with Crippen molar-refractivity contribution >= 4 is 52.4 Å². The van der Waals surface area contributed by atoms with Crippen molar-refractivity contribution in [3.63, 3.8) is 0 Å². The number of carbonyl (C=O) groups excluding carboxylic acids is 1. The zero-order valence-electron chi connectivity index (χ0n) is 16.7. The third-order valence-corrected chi connectivity index (χ3v) is 6.48. The molecule has 3 aromatic rings. The zero-order valence-corrected chi connectivity index (χ0v) is 19.1. The van der Waals surface area contributed by atoms with Gasteiger partial charge < -0.3 is 0 Å². The Morgan fingerprint density at radius 1 is 1.24 bits per heavy atom. The molecule has 0 atom stereocenters. The minimum absolute atomic E-state index is 0.0474. The number of hydrogen-bond donors (Lipinski definition) is 0. The van der Waals surface area contributed by atoms with E-state index in [9.17, 15) is 9.59 Å². The van der Waals surface area contributed by atoms with Crippen LogP contribution in [0.4, 0.5) is 0 Å². The third-order valence-electron chi connectivity index (χ3n) is 4.43. The molecule has 2 aromatic heterocycles. The van der Waals surface area contributed by atoms with Gasteiger partial charge in [0.15, 0.2) is 5.78 Å². The minimum Gasteiger partial charge on any atom is -0.294 e. The van der Waals surface area contributed by atoms with Crippen LogP contribution in [0.1, 0.15) is 44.5 Å². The summed E-state index contributed by atoms with van der Waals surface area (Å²) in [7, 11) is 0. The van der Waals surface area contributed by atoms with Crippen LogP contribution in [-0.2, 0) is 17.8 Å². The van der Waals surface area contributed by atoms with Gasteiger partial charge in [-0.3, -0.25) is 14.2 Å². The summed E-state index contributed by atoms with van der Waals surface area (Å²) in [6.45, 7) is 7.84. The summed E-state index contributed by atoms with van der Waals surface area (Å²) in [5.74, 6) is -0.0474. The Bertz CT molecular complexity index is 1200. The average molecular weight is 448 g/mol. The average Bonchev–Trinajstić information content (AvgIpc) is 3.20. The Balaban J connectivity index is 2.15. The second-order valence-corrected chi connectivity index (χ2v) is 10.1. The fourth-order valence-corrected chi connectivity index (χ4v) is 4.22. The molecule has 0 saturated carbocycles. The maximum atomic E-state index is 13.1. The maximum Gasteiger partial charge on any atom is 0.269 e. The fourth-order valence-electron chi connectivity index (χ4n) is 2.56. The SMILES string of the molecule is CCc1ccc(/C=c2/s/c(=C/C(=O)C(C)(C)C)n(Cc3nnsc3Cl)c2=O)cc1. The minimum atomic E-state index is -0.537. The number of halogens is 1. The standard InChI is InChI=1S/C21H22ClN3O2S2/c1-5-13-6-8-14(9-7-13)10-16-20(27)25(12-15-19(22)29-24-23-15)18(28-16)11-17(26)21(2,3)4/h6-11H,5,12H2,1-4H3/b16-10+,18-11+. The molecule has 0 saturated heterocycles. The van der Waals surface area contributed by atoms with Crippen molar-refractivity contribution in [3.05, 3.63) is 65.0 Å². The molecule has 0 N–H and O–H groups in total. The molecule has 2 heterocycles. The van der Waals surface area contributed by atoms with Crippen molar-refractivity contribution in [1.29, 1.82) is 0 Å². The van der Waals surface area contributed by atoms with E-state index in [2.05, 4.69) is 28.6 Å². The summed E-state index contributed by atoms with van der Waals surface area (Å²) in [5.41, 5.74) is 1.99. The van der Waals surface area contributed by atoms with Crippen LogP contribution in [0.5, 0.6) is 0 Å². The van der Waals surface area contributed by atoms with Gasteiger partial charge in [-0.15, -0.1) is 16.4 Å². The predicted octanol–water partition coefficient (Wildman–Crippen LogP) is 3.25. The van der Waals surface area contributed by atoms with Crippen LogP contribution >= 0.6 is 34.5 Å². The van der Waals surface area contributed by atoms with E-state index in [0.29, 0.717) is 19.2 Å². The molecule has 0 amide bonds. The Morgan fingerprint density at radius 3 is 2.48 bits per heavy atom. The lowest BCUT2D eigenvalue weighted by molar-refractivity contribution is -0.120. The highest BCUT2D eigenvalue weighted by Gasteiger charge is 2.20. The van der Waals surface area contributed by atoms with Crippen molar-refractivity contribution in [2.24, 2.45) is 5.41 Å². The maximum absolute atomic E-state index is 13.1. The van der Waals surface area contributed by atoms with Gasteiger partial charge in [-0.25, -0.2) is 0 Å². The largest absolute Gasteiger partial charge is 0.294 e. The number of ketones is 1. The highest BCUT2D eigenvalue weighted by molar-refractivity contribution is 7.10. The number of benzene rings is 1. The van der Waals surface area contributed by atoms with Gasteiger partial charge in [0.05, 0.1) is 11.1 Å². The molecule has 0 aliphatic heterocycles. The van der Waals surface area contributed by atoms with E-state index < -0.39 is 5.41 Å². The number of aromatic nitrogens is 3. The lowest BCUT2D eigenvalue weighted by Gasteiger charge is -2.12. The Labute approximate surface area is 182 Å². The van der Waals surface area contributed by atoms with Crippen LogP contribution in [0.3, 0.4) is 0 Å². The number of rotatable bonds is 5. The summed E-state index contributed by atoms with van der Waals surface area (Å²) in [6, 6.07) is 8.09. The highest BCUT2D eigenvalue weighted by Crippen LogP contribution is 2.18. The van der Waals surface area contributed by atoms with E-state index in [-0.39, 0.29) is 17.9 Å². The van der Waals surface area contributed by atoms with Gasteiger partial charge in [-0.1, -0.05) is 68.0 Å². The summed E-state index contributed by atoms with van der Waals surface area (Å²) in [6.07, 6.45) is 4.35. The fraction of sp³-hybridized carbons (Fsp3) is 0.333. The number of Topliss-reactive ketones (excluding diaryl/α,β-unsaturated/α-hetero) is 1. The first-order valence-corrected chi connectivity index (χ1v) is 11.2. The van der Waals surface area contributed by atoms with Crippen molar-refractivity contribution < 1.29 is 4.79 Å². The zero-order chi connectivity index (χ0) is 21.2. The molecular formula is C21H22ClN3O2S2. The molecule has 1 aromatic carbocycles. The van der Waals surface area contributed by atoms with Gasteiger partial charge >= 0.3 is 0 Å². The third kappa shape index (κ3) is 5.10. The van der Waals surface area contributed by atoms with E-state index in [4.69, 9.17) is 11.6 Å². The topological polar surface area (TPSA) is 64.8 Å². The molecule has 5 nitrogen and oxygen atoms in total. The van der Waals surface area contributed by atoms with Crippen LogP contribution in [0.2, 0.25) is 4.34 Å². The van der Waals surface area contributed by atoms with E-state index >= 15 is 0 Å². The van der Waals surface area contributed by atoms with Crippen molar-refractivity contribution in [2.45, 2.75) is 40.7 Å².